The van der Waals surface area contributed by atoms with Gasteiger partial charge in [-0.25, -0.2) is 4.39 Å². The van der Waals surface area contributed by atoms with Gasteiger partial charge in [0.1, 0.15) is 5.82 Å². The van der Waals surface area contributed by atoms with E-state index in [1.165, 1.54) is 12.1 Å². The lowest BCUT2D eigenvalue weighted by atomic mass is 10.2. The molecule has 0 aliphatic carbocycles. The van der Waals surface area contributed by atoms with E-state index in [-0.39, 0.29) is 17.6 Å². The van der Waals surface area contributed by atoms with Gasteiger partial charge in [0, 0.05) is 16.9 Å². The average Bonchev–Trinajstić information content (AvgIpc) is 2.18. The zero-order valence-corrected chi connectivity index (χ0v) is 10.3. The van der Waals surface area contributed by atoms with Gasteiger partial charge in [-0.3, -0.25) is 4.79 Å². The summed E-state index contributed by atoms with van der Waals surface area (Å²) in [7, 11) is 0. The average molecular weight is 274 g/mol. The molecule has 0 fully saturated rings. The van der Waals surface area contributed by atoms with Crippen LogP contribution in [-0.2, 0) is 11.3 Å². The molecule has 0 unspecified atom stereocenters. The van der Waals surface area contributed by atoms with Crippen molar-refractivity contribution in [2.75, 3.05) is 0 Å². The molecule has 0 aromatic heterocycles. The number of rotatable bonds is 3. The summed E-state index contributed by atoms with van der Waals surface area (Å²) in [5.41, 5.74) is 0.740. The molecule has 1 rings (SSSR count). The first-order chi connectivity index (χ1) is 7.00. The maximum Gasteiger partial charge on any atom is 0.222 e. The molecule has 0 heterocycles. The van der Waals surface area contributed by atoms with E-state index in [0.717, 1.165) is 10.0 Å². The number of hydrogen-bond donors (Lipinski definition) is 1. The highest BCUT2D eigenvalue weighted by Gasteiger charge is 2.07. The molecule has 0 aliphatic heterocycles. The fourth-order valence-corrected chi connectivity index (χ4v) is 1.45. The van der Waals surface area contributed by atoms with Crippen LogP contribution in [0.25, 0.3) is 0 Å². The fourth-order valence-electron chi connectivity index (χ4n) is 1.07. The van der Waals surface area contributed by atoms with E-state index < -0.39 is 0 Å². The monoisotopic (exact) mass is 273 g/mol. The van der Waals surface area contributed by atoms with Crippen LogP contribution in [0.5, 0.6) is 0 Å². The lowest BCUT2D eigenvalue weighted by Gasteiger charge is -2.09. The molecule has 1 aromatic carbocycles. The van der Waals surface area contributed by atoms with Crippen LogP contribution in [0.1, 0.15) is 19.4 Å². The molecule has 0 atom stereocenters. The van der Waals surface area contributed by atoms with E-state index in [9.17, 15) is 9.18 Å². The molecule has 2 nitrogen and oxygen atoms in total. The second kappa shape index (κ2) is 5.26. The Labute approximate surface area is 97.0 Å². The number of carbonyl (C=O) groups is 1. The maximum absolute atomic E-state index is 12.9. The summed E-state index contributed by atoms with van der Waals surface area (Å²) in [6.45, 7) is 3.97. The minimum Gasteiger partial charge on any atom is -0.352 e. The number of halogens is 2. The highest BCUT2D eigenvalue weighted by molar-refractivity contribution is 9.10. The first-order valence-electron chi connectivity index (χ1n) is 4.72. The third-order valence-electron chi connectivity index (χ3n) is 1.99. The van der Waals surface area contributed by atoms with Crippen molar-refractivity contribution < 1.29 is 9.18 Å². The van der Waals surface area contributed by atoms with Crippen LogP contribution in [-0.4, -0.2) is 5.91 Å². The molecule has 0 bridgehead atoms. The van der Waals surface area contributed by atoms with Crippen LogP contribution in [0.2, 0.25) is 0 Å². The fraction of sp³-hybridized carbons (Fsp3) is 0.364. The number of carbonyl (C=O) groups excluding carboxylic acids is 1. The summed E-state index contributed by atoms with van der Waals surface area (Å²) in [4.78, 5) is 11.3. The summed E-state index contributed by atoms with van der Waals surface area (Å²) >= 11 is 3.30. The van der Waals surface area contributed by atoms with Gasteiger partial charge in [-0.15, -0.1) is 0 Å². The van der Waals surface area contributed by atoms with Gasteiger partial charge in [0.05, 0.1) is 0 Å². The third-order valence-corrected chi connectivity index (χ3v) is 2.76. The quantitative estimate of drug-likeness (QED) is 0.902. The Hall–Kier alpha value is -0.900. The van der Waals surface area contributed by atoms with Crippen LogP contribution in [0.4, 0.5) is 4.39 Å². The van der Waals surface area contributed by atoms with E-state index in [2.05, 4.69) is 21.2 Å². The summed E-state index contributed by atoms with van der Waals surface area (Å²) in [5, 5.41) is 2.73. The largest absolute Gasteiger partial charge is 0.352 e. The van der Waals surface area contributed by atoms with Gasteiger partial charge in [0.15, 0.2) is 0 Å². The van der Waals surface area contributed by atoms with Gasteiger partial charge >= 0.3 is 0 Å². The minimum atomic E-state index is -0.299. The van der Waals surface area contributed by atoms with Crippen LogP contribution in [0.3, 0.4) is 0 Å². The lowest BCUT2D eigenvalue weighted by molar-refractivity contribution is -0.124. The summed E-state index contributed by atoms with van der Waals surface area (Å²) < 4.78 is 13.7. The predicted octanol–water partition coefficient (Wildman–Crippen LogP) is 2.86. The molecule has 4 heteroatoms. The molecular weight excluding hydrogens is 261 g/mol. The van der Waals surface area contributed by atoms with Crippen molar-refractivity contribution in [2.24, 2.45) is 5.92 Å². The van der Waals surface area contributed by atoms with E-state index in [0.29, 0.717) is 6.54 Å². The Morgan fingerprint density at radius 2 is 2.20 bits per heavy atom. The molecular formula is C11H13BrFNO. The first kappa shape index (κ1) is 12.2. The maximum atomic E-state index is 12.9. The summed E-state index contributed by atoms with van der Waals surface area (Å²) in [6, 6.07) is 4.41. The first-order valence-corrected chi connectivity index (χ1v) is 5.51. The smallest absolute Gasteiger partial charge is 0.222 e. The Bertz CT molecular complexity index is 366. The van der Waals surface area contributed by atoms with E-state index >= 15 is 0 Å². The molecule has 1 aromatic rings. The van der Waals surface area contributed by atoms with Crippen molar-refractivity contribution in [1.82, 2.24) is 5.32 Å². The molecule has 82 valence electrons. The number of hydrogen-bond acceptors (Lipinski definition) is 1. The number of benzene rings is 1. The molecule has 0 saturated carbocycles. The zero-order chi connectivity index (χ0) is 11.4. The van der Waals surface area contributed by atoms with Crippen molar-refractivity contribution in [3.8, 4) is 0 Å². The van der Waals surface area contributed by atoms with Crippen LogP contribution in [0.15, 0.2) is 22.7 Å². The van der Waals surface area contributed by atoms with Gasteiger partial charge < -0.3 is 5.32 Å². The van der Waals surface area contributed by atoms with Gasteiger partial charge in [0.25, 0.3) is 0 Å². The van der Waals surface area contributed by atoms with Crippen LogP contribution >= 0.6 is 15.9 Å². The van der Waals surface area contributed by atoms with Gasteiger partial charge in [-0.05, 0) is 23.8 Å². The van der Waals surface area contributed by atoms with Gasteiger partial charge in [-0.1, -0.05) is 29.8 Å². The SMILES string of the molecule is CC(C)C(=O)NCc1cc(F)ccc1Br. The normalized spacial score (nSPS) is 10.5. The summed E-state index contributed by atoms with van der Waals surface area (Å²) in [6.07, 6.45) is 0. The number of amides is 1. The zero-order valence-electron chi connectivity index (χ0n) is 8.68. The van der Waals surface area contributed by atoms with Crippen molar-refractivity contribution in [1.29, 1.82) is 0 Å². The van der Waals surface area contributed by atoms with Crippen LogP contribution in [0, 0.1) is 11.7 Å². The molecule has 0 aliphatic rings. The minimum absolute atomic E-state index is 0.0360. The van der Waals surface area contributed by atoms with Crippen molar-refractivity contribution in [2.45, 2.75) is 20.4 Å². The van der Waals surface area contributed by atoms with Crippen LogP contribution < -0.4 is 5.32 Å². The second-order valence-corrected chi connectivity index (χ2v) is 4.46. The Morgan fingerprint density at radius 1 is 1.53 bits per heavy atom. The highest BCUT2D eigenvalue weighted by Crippen LogP contribution is 2.17. The van der Waals surface area contributed by atoms with Gasteiger partial charge in [-0.2, -0.15) is 0 Å². The standard InChI is InChI=1S/C11H13BrFNO/c1-7(2)11(15)14-6-8-5-9(13)3-4-10(8)12/h3-5,7H,6H2,1-2H3,(H,14,15). The van der Waals surface area contributed by atoms with Crippen molar-refractivity contribution in [3.63, 3.8) is 0 Å². The van der Waals surface area contributed by atoms with E-state index in [1.807, 2.05) is 13.8 Å². The molecule has 0 spiro atoms. The Balaban J connectivity index is 2.65. The molecule has 0 saturated heterocycles. The topological polar surface area (TPSA) is 29.1 Å². The third kappa shape index (κ3) is 3.63. The van der Waals surface area contributed by atoms with E-state index in [4.69, 9.17) is 0 Å². The molecule has 1 amide bonds. The second-order valence-electron chi connectivity index (χ2n) is 3.61. The predicted molar refractivity (Wildman–Crippen MR) is 60.8 cm³/mol. The Morgan fingerprint density at radius 3 is 2.80 bits per heavy atom. The van der Waals surface area contributed by atoms with Crippen molar-refractivity contribution in [3.05, 3.63) is 34.1 Å². The molecule has 1 N–H and O–H groups in total. The summed E-state index contributed by atoms with van der Waals surface area (Å²) in [5.74, 6) is -0.393. The molecule has 0 radical (unpaired) electrons. The van der Waals surface area contributed by atoms with Crippen molar-refractivity contribution >= 4 is 21.8 Å². The number of nitrogens with one attached hydrogen (secondary N) is 1. The van der Waals surface area contributed by atoms with E-state index in [1.54, 1.807) is 6.07 Å². The van der Waals surface area contributed by atoms with Gasteiger partial charge in [0.2, 0.25) is 5.91 Å². The highest BCUT2D eigenvalue weighted by atomic mass is 79.9. The molecule has 15 heavy (non-hydrogen) atoms. The Kier molecular flexibility index (Phi) is 4.27. The lowest BCUT2D eigenvalue weighted by Crippen LogP contribution is -2.27.